The van der Waals surface area contributed by atoms with Crippen molar-refractivity contribution in [2.75, 3.05) is 7.05 Å². The van der Waals surface area contributed by atoms with E-state index in [0.717, 1.165) is 17.8 Å². The number of aromatic nitrogens is 2. The van der Waals surface area contributed by atoms with Gasteiger partial charge in [0.05, 0.1) is 5.69 Å². The maximum Gasteiger partial charge on any atom is 0.129 e. The van der Waals surface area contributed by atoms with Crippen LogP contribution in [0.25, 0.3) is 0 Å². The molecule has 1 unspecified atom stereocenters. The minimum atomic E-state index is -0.283. The summed E-state index contributed by atoms with van der Waals surface area (Å²) < 4.78 is 15.9. The minimum absolute atomic E-state index is 0.177. The van der Waals surface area contributed by atoms with Crippen molar-refractivity contribution in [3.63, 3.8) is 0 Å². The van der Waals surface area contributed by atoms with Gasteiger partial charge in [0, 0.05) is 35.8 Å². The van der Waals surface area contributed by atoms with Crippen LogP contribution in [0.15, 0.2) is 24.3 Å². The third kappa shape index (κ3) is 3.02. The fourth-order valence-electron chi connectivity index (χ4n) is 2.34. The van der Waals surface area contributed by atoms with Gasteiger partial charge in [-0.05, 0) is 31.7 Å². The van der Waals surface area contributed by atoms with E-state index in [-0.39, 0.29) is 11.9 Å². The number of hydrogen-bond donors (Lipinski definition) is 1. The van der Waals surface area contributed by atoms with Gasteiger partial charge in [-0.25, -0.2) is 4.39 Å². The summed E-state index contributed by atoms with van der Waals surface area (Å²) >= 11 is 6.14. The van der Waals surface area contributed by atoms with Crippen molar-refractivity contribution in [2.24, 2.45) is 7.05 Å². The van der Waals surface area contributed by atoms with Crippen LogP contribution >= 0.6 is 11.6 Å². The van der Waals surface area contributed by atoms with Crippen LogP contribution in [0.5, 0.6) is 0 Å². The lowest BCUT2D eigenvalue weighted by Crippen LogP contribution is -2.21. The highest BCUT2D eigenvalue weighted by molar-refractivity contribution is 6.31. The van der Waals surface area contributed by atoms with E-state index >= 15 is 0 Å². The Morgan fingerprint density at radius 2 is 2.20 bits per heavy atom. The summed E-state index contributed by atoms with van der Waals surface area (Å²) in [6, 6.07) is 6.65. The highest BCUT2D eigenvalue weighted by Crippen LogP contribution is 2.28. The van der Waals surface area contributed by atoms with Crippen molar-refractivity contribution in [2.45, 2.75) is 25.8 Å². The van der Waals surface area contributed by atoms with Gasteiger partial charge in [-0.1, -0.05) is 24.6 Å². The number of nitrogens with zero attached hydrogens (tertiary/aromatic N) is 2. The van der Waals surface area contributed by atoms with E-state index in [1.54, 1.807) is 12.1 Å². The van der Waals surface area contributed by atoms with Crippen LogP contribution in [-0.2, 0) is 19.9 Å². The standard InChI is InChI=1S/C15H19ClFN3/c1-4-10-8-11(20(3)19-10)9-14(18-2)15-12(16)6-5-7-13(15)17/h5-8,14,18H,4,9H2,1-3H3. The molecule has 0 aliphatic heterocycles. The number of aryl methyl sites for hydroxylation is 2. The fraction of sp³-hybridized carbons (Fsp3) is 0.400. The number of likely N-dealkylation sites (N-methyl/N-ethyl adjacent to an activating group) is 1. The Morgan fingerprint density at radius 1 is 1.45 bits per heavy atom. The summed E-state index contributed by atoms with van der Waals surface area (Å²) in [4.78, 5) is 0. The van der Waals surface area contributed by atoms with E-state index in [1.807, 2.05) is 18.8 Å². The number of benzene rings is 1. The number of nitrogens with one attached hydrogen (secondary N) is 1. The van der Waals surface area contributed by atoms with Gasteiger partial charge in [0.25, 0.3) is 0 Å². The van der Waals surface area contributed by atoms with E-state index < -0.39 is 0 Å². The molecule has 1 aromatic carbocycles. The zero-order valence-corrected chi connectivity index (χ0v) is 12.7. The fourth-order valence-corrected chi connectivity index (χ4v) is 2.63. The van der Waals surface area contributed by atoms with Gasteiger partial charge in [0.15, 0.2) is 0 Å². The van der Waals surface area contributed by atoms with Crippen molar-refractivity contribution in [1.82, 2.24) is 15.1 Å². The first-order valence-electron chi connectivity index (χ1n) is 6.69. The van der Waals surface area contributed by atoms with Crippen LogP contribution in [0.4, 0.5) is 4.39 Å². The van der Waals surface area contributed by atoms with Crippen LogP contribution in [0, 0.1) is 5.82 Å². The summed E-state index contributed by atoms with van der Waals surface area (Å²) in [7, 11) is 3.72. The number of rotatable bonds is 5. The monoisotopic (exact) mass is 295 g/mol. The molecule has 3 nitrogen and oxygen atoms in total. The smallest absolute Gasteiger partial charge is 0.129 e. The molecule has 0 fully saturated rings. The minimum Gasteiger partial charge on any atom is -0.313 e. The number of halogens is 2. The third-order valence-electron chi connectivity index (χ3n) is 3.50. The second-order valence-corrected chi connectivity index (χ2v) is 5.19. The lowest BCUT2D eigenvalue weighted by Gasteiger charge is -2.18. The van der Waals surface area contributed by atoms with Gasteiger partial charge in [0.1, 0.15) is 5.82 Å². The summed E-state index contributed by atoms with van der Waals surface area (Å²) in [5.74, 6) is -0.283. The van der Waals surface area contributed by atoms with Crippen LogP contribution < -0.4 is 5.32 Å². The maximum absolute atomic E-state index is 14.0. The molecule has 2 aromatic rings. The maximum atomic E-state index is 14.0. The molecule has 1 N–H and O–H groups in total. The van der Waals surface area contributed by atoms with Gasteiger partial charge >= 0.3 is 0 Å². The molecule has 5 heteroatoms. The van der Waals surface area contributed by atoms with E-state index in [0.29, 0.717) is 17.0 Å². The Balaban J connectivity index is 2.31. The van der Waals surface area contributed by atoms with Crippen molar-refractivity contribution in [1.29, 1.82) is 0 Å². The zero-order chi connectivity index (χ0) is 14.7. The molecule has 1 heterocycles. The second-order valence-electron chi connectivity index (χ2n) is 4.78. The quantitative estimate of drug-likeness (QED) is 0.917. The Kier molecular flexibility index (Phi) is 4.78. The first-order valence-corrected chi connectivity index (χ1v) is 7.07. The lowest BCUT2D eigenvalue weighted by molar-refractivity contribution is 0.520. The largest absolute Gasteiger partial charge is 0.313 e. The molecule has 108 valence electrons. The van der Waals surface area contributed by atoms with Crippen LogP contribution in [0.1, 0.15) is 29.9 Å². The second kappa shape index (κ2) is 6.37. The van der Waals surface area contributed by atoms with Crippen LogP contribution in [0.3, 0.4) is 0 Å². The molecule has 0 saturated carbocycles. The molecule has 0 amide bonds. The molecule has 0 aliphatic rings. The molecule has 20 heavy (non-hydrogen) atoms. The predicted molar refractivity (Wildman–Crippen MR) is 79.5 cm³/mol. The molecule has 0 aliphatic carbocycles. The van der Waals surface area contributed by atoms with Crippen molar-refractivity contribution >= 4 is 11.6 Å². The Hall–Kier alpha value is -1.39. The zero-order valence-electron chi connectivity index (χ0n) is 12.0. The average Bonchev–Trinajstić information content (AvgIpc) is 2.78. The first-order chi connectivity index (χ1) is 9.56. The van der Waals surface area contributed by atoms with Crippen molar-refractivity contribution in [3.05, 3.63) is 52.1 Å². The SMILES string of the molecule is CCc1cc(CC(NC)c2c(F)cccc2Cl)n(C)n1. The summed E-state index contributed by atoms with van der Waals surface area (Å²) in [5.41, 5.74) is 2.61. The predicted octanol–water partition coefficient (Wildman–Crippen LogP) is 3.28. The summed E-state index contributed by atoms with van der Waals surface area (Å²) in [6.45, 7) is 2.06. The summed E-state index contributed by atoms with van der Waals surface area (Å²) in [5, 5.41) is 8.00. The third-order valence-corrected chi connectivity index (χ3v) is 3.83. The average molecular weight is 296 g/mol. The molecule has 1 aromatic heterocycles. The Bertz CT molecular complexity index is 575. The van der Waals surface area contributed by atoms with Gasteiger partial charge in [-0.3, -0.25) is 4.68 Å². The van der Waals surface area contributed by atoms with Gasteiger partial charge in [-0.15, -0.1) is 0 Å². The lowest BCUT2D eigenvalue weighted by atomic mass is 10.0. The normalized spacial score (nSPS) is 12.7. The van der Waals surface area contributed by atoms with Crippen molar-refractivity contribution in [3.8, 4) is 0 Å². The Labute approximate surface area is 123 Å². The van der Waals surface area contributed by atoms with Gasteiger partial charge < -0.3 is 5.32 Å². The molecular formula is C15H19ClFN3. The van der Waals surface area contributed by atoms with E-state index in [1.165, 1.54) is 6.07 Å². The van der Waals surface area contributed by atoms with Crippen LogP contribution in [-0.4, -0.2) is 16.8 Å². The Morgan fingerprint density at radius 3 is 2.75 bits per heavy atom. The molecule has 1 atom stereocenters. The molecule has 2 rings (SSSR count). The van der Waals surface area contributed by atoms with Crippen LogP contribution in [0.2, 0.25) is 5.02 Å². The molecule has 0 bridgehead atoms. The molecular weight excluding hydrogens is 277 g/mol. The van der Waals surface area contributed by atoms with Crippen molar-refractivity contribution < 1.29 is 4.39 Å². The molecule has 0 radical (unpaired) electrons. The first kappa shape index (κ1) is 15.0. The highest BCUT2D eigenvalue weighted by atomic mass is 35.5. The van der Waals surface area contributed by atoms with Gasteiger partial charge in [-0.2, -0.15) is 5.10 Å². The van der Waals surface area contributed by atoms with E-state index in [2.05, 4.69) is 23.4 Å². The summed E-state index contributed by atoms with van der Waals surface area (Å²) in [6.07, 6.45) is 1.53. The topological polar surface area (TPSA) is 29.9 Å². The molecule has 0 spiro atoms. The number of hydrogen-bond acceptors (Lipinski definition) is 2. The van der Waals surface area contributed by atoms with E-state index in [9.17, 15) is 4.39 Å². The highest BCUT2D eigenvalue weighted by Gasteiger charge is 2.19. The van der Waals surface area contributed by atoms with E-state index in [4.69, 9.17) is 11.6 Å². The van der Waals surface area contributed by atoms with Gasteiger partial charge in [0.2, 0.25) is 0 Å². The molecule has 0 saturated heterocycles.